The molecule has 1 aliphatic carbocycles. The summed E-state index contributed by atoms with van der Waals surface area (Å²) < 4.78 is 15.1. The average Bonchev–Trinajstić information content (AvgIpc) is 2.88. The van der Waals surface area contributed by atoms with Crippen LogP contribution in [0.1, 0.15) is 36.2 Å². The van der Waals surface area contributed by atoms with Crippen molar-refractivity contribution in [3.05, 3.63) is 29.3 Å². The minimum Gasteiger partial charge on any atom is -0.497 e. The zero-order chi connectivity index (χ0) is 17.7. The van der Waals surface area contributed by atoms with Gasteiger partial charge in [0.25, 0.3) is 0 Å². The van der Waals surface area contributed by atoms with Crippen molar-refractivity contribution >= 4 is 17.7 Å². The van der Waals surface area contributed by atoms with Crippen molar-refractivity contribution in [1.82, 2.24) is 0 Å². The number of methoxy groups -OCH3 is 1. The fraction of sp³-hybridized carbons (Fsp3) is 0.500. The summed E-state index contributed by atoms with van der Waals surface area (Å²) in [5.74, 6) is -2.27. The number of ether oxygens (including phenoxy) is 3. The summed E-state index contributed by atoms with van der Waals surface area (Å²) in [6.07, 6.45) is 0.584. The zero-order valence-electron chi connectivity index (χ0n) is 14.2. The van der Waals surface area contributed by atoms with Crippen LogP contribution in [0.5, 0.6) is 5.75 Å². The maximum Gasteiger partial charge on any atom is 0.320 e. The second-order valence-corrected chi connectivity index (χ2v) is 5.58. The van der Waals surface area contributed by atoms with E-state index in [0.717, 1.165) is 5.56 Å². The smallest absolute Gasteiger partial charge is 0.320 e. The van der Waals surface area contributed by atoms with E-state index in [4.69, 9.17) is 14.2 Å². The molecule has 1 unspecified atom stereocenters. The minimum absolute atomic E-state index is 0.0810. The van der Waals surface area contributed by atoms with Gasteiger partial charge < -0.3 is 14.2 Å². The molecule has 0 heterocycles. The molecule has 0 N–H and O–H groups in total. The third kappa shape index (κ3) is 3.75. The molecule has 1 aromatic rings. The lowest BCUT2D eigenvalue weighted by Gasteiger charge is -2.17. The van der Waals surface area contributed by atoms with Gasteiger partial charge in [0.1, 0.15) is 5.75 Å². The topological polar surface area (TPSA) is 78.9 Å². The minimum atomic E-state index is -1.07. The fourth-order valence-electron chi connectivity index (χ4n) is 2.92. The van der Waals surface area contributed by atoms with Crippen molar-refractivity contribution in [1.29, 1.82) is 0 Å². The maximum atomic E-state index is 12.6. The lowest BCUT2D eigenvalue weighted by Crippen LogP contribution is -2.31. The third-order valence-corrected chi connectivity index (χ3v) is 4.08. The Hall–Kier alpha value is -2.37. The molecule has 0 aromatic heterocycles. The normalized spacial score (nSPS) is 16.0. The SMILES string of the molecule is CCOC(=O)C(CC1Cc2ccc(OC)cc2C1=O)C(=O)OCC. The van der Waals surface area contributed by atoms with Crippen molar-refractivity contribution in [2.75, 3.05) is 20.3 Å². The van der Waals surface area contributed by atoms with E-state index in [-0.39, 0.29) is 25.4 Å². The molecule has 24 heavy (non-hydrogen) atoms. The highest BCUT2D eigenvalue weighted by Crippen LogP contribution is 2.33. The first-order valence-electron chi connectivity index (χ1n) is 8.06. The summed E-state index contributed by atoms with van der Waals surface area (Å²) in [5.41, 5.74) is 1.49. The molecule has 0 fully saturated rings. The summed E-state index contributed by atoms with van der Waals surface area (Å²) in [6.45, 7) is 3.68. The molecule has 1 atom stereocenters. The summed E-state index contributed by atoms with van der Waals surface area (Å²) in [4.78, 5) is 36.7. The van der Waals surface area contributed by atoms with Gasteiger partial charge in [-0.1, -0.05) is 6.07 Å². The number of carbonyl (C=O) groups is 3. The number of rotatable bonds is 7. The quantitative estimate of drug-likeness (QED) is 0.562. The van der Waals surface area contributed by atoms with Crippen LogP contribution >= 0.6 is 0 Å². The van der Waals surface area contributed by atoms with E-state index < -0.39 is 23.8 Å². The standard InChI is InChI=1S/C18H22O6/c1-4-23-17(20)15(18(21)24-5-2)9-12-8-11-6-7-13(22-3)10-14(11)16(12)19/h6-7,10,12,15H,4-5,8-9H2,1-3H3. The Morgan fingerprint density at radius 1 is 1.17 bits per heavy atom. The lowest BCUT2D eigenvalue weighted by molar-refractivity contribution is -0.162. The summed E-state index contributed by atoms with van der Waals surface area (Å²) >= 11 is 0. The summed E-state index contributed by atoms with van der Waals surface area (Å²) in [7, 11) is 1.54. The van der Waals surface area contributed by atoms with E-state index in [1.807, 2.05) is 6.07 Å². The third-order valence-electron chi connectivity index (χ3n) is 4.08. The molecular weight excluding hydrogens is 312 g/mol. The van der Waals surface area contributed by atoms with Crippen LogP contribution in [-0.4, -0.2) is 38.0 Å². The highest BCUT2D eigenvalue weighted by Gasteiger charge is 2.38. The number of esters is 2. The second kappa shape index (κ2) is 7.95. The van der Waals surface area contributed by atoms with Gasteiger partial charge in [0.15, 0.2) is 11.7 Å². The van der Waals surface area contributed by atoms with E-state index in [9.17, 15) is 14.4 Å². The molecule has 1 aromatic carbocycles. The molecule has 0 amide bonds. The van der Waals surface area contributed by atoms with E-state index >= 15 is 0 Å². The molecule has 0 aliphatic heterocycles. The van der Waals surface area contributed by atoms with Gasteiger partial charge in [-0.3, -0.25) is 14.4 Å². The number of ketones is 1. The number of carbonyl (C=O) groups excluding carboxylic acids is 3. The Balaban J connectivity index is 2.17. The van der Waals surface area contributed by atoms with Crippen molar-refractivity contribution in [3.8, 4) is 5.75 Å². The molecule has 0 spiro atoms. The zero-order valence-corrected chi connectivity index (χ0v) is 14.2. The predicted molar refractivity (Wildman–Crippen MR) is 85.9 cm³/mol. The van der Waals surface area contributed by atoms with E-state index in [1.54, 1.807) is 26.0 Å². The lowest BCUT2D eigenvalue weighted by atomic mass is 9.91. The number of fused-ring (bicyclic) bond motifs is 1. The van der Waals surface area contributed by atoms with Crippen LogP contribution in [0, 0.1) is 11.8 Å². The van der Waals surface area contributed by atoms with E-state index in [1.165, 1.54) is 7.11 Å². The Morgan fingerprint density at radius 2 is 1.79 bits per heavy atom. The molecule has 1 aliphatic rings. The van der Waals surface area contributed by atoms with Crippen LogP contribution in [0.2, 0.25) is 0 Å². The first kappa shape index (κ1) is 18.0. The van der Waals surface area contributed by atoms with Gasteiger partial charge in [-0.2, -0.15) is 0 Å². The highest BCUT2D eigenvalue weighted by atomic mass is 16.6. The van der Waals surface area contributed by atoms with Gasteiger partial charge in [0.2, 0.25) is 0 Å². The molecule has 0 bridgehead atoms. The summed E-state index contributed by atoms with van der Waals surface area (Å²) in [6, 6.07) is 5.33. The summed E-state index contributed by atoms with van der Waals surface area (Å²) in [5, 5.41) is 0. The van der Waals surface area contributed by atoms with Crippen molar-refractivity contribution in [2.45, 2.75) is 26.7 Å². The van der Waals surface area contributed by atoms with Gasteiger partial charge in [0.05, 0.1) is 20.3 Å². The van der Waals surface area contributed by atoms with Gasteiger partial charge in [-0.15, -0.1) is 0 Å². The Kier molecular flexibility index (Phi) is 5.95. The maximum absolute atomic E-state index is 12.6. The number of Topliss-reactive ketones (excluding diaryl/α,β-unsaturated/α-hetero) is 1. The van der Waals surface area contributed by atoms with Crippen LogP contribution in [0.25, 0.3) is 0 Å². The average molecular weight is 334 g/mol. The molecule has 2 rings (SSSR count). The number of hydrogen-bond acceptors (Lipinski definition) is 6. The number of benzene rings is 1. The van der Waals surface area contributed by atoms with Crippen molar-refractivity contribution < 1.29 is 28.6 Å². The Bertz CT molecular complexity index is 618. The van der Waals surface area contributed by atoms with Crippen LogP contribution in [-0.2, 0) is 25.5 Å². The first-order chi connectivity index (χ1) is 11.5. The van der Waals surface area contributed by atoms with Crippen LogP contribution in [0.15, 0.2) is 18.2 Å². The largest absolute Gasteiger partial charge is 0.497 e. The first-order valence-corrected chi connectivity index (χ1v) is 8.06. The van der Waals surface area contributed by atoms with Crippen LogP contribution in [0.3, 0.4) is 0 Å². The molecule has 6 nitrogen and oxygen atoms in total. The second-order valence-electron chi connectivity index (χ2n) is 5.58. The molecule has 130 valence electrons. The van der Waals surface area contributed by atoms with E-state index in [0.29, 0.717) is 17.7 Å². The van der Waals surface area contributed by atoms with Gasteiger partial charge in [-0.25, -0.2) is 0 Å². The fourth-order valence-corrected chi connectivity index (χ4v) is 2.92. The molecular formula is C18H22O6. The Morgan fingerprint density at radius 3 is 2.33 bits per heavy atom. The molecule has 0 radical (unpaired) electrons. The molecule has 0 saturated heterocycles. The predicted octanol–water partition coefficient (Wildman–Crippen LogP) is 2.18. The van der Waals surface area contributed by atoms with Crippen molar-refractivity contribution in [3.63, 3.8) is 0 Å². The monoisotopic (exact) mass is 334 g/mol. The van der Waals surface area contributed by atoms with E-state index in [2.05, 4.69) is 0 Å². The van der Waals surface area contributed by atoms with Gasteiger partial charge >= 0.3 is 11.9 Å². The number of hydrogen-bond donors (Lipinski definition) is 0. The molecule has 0 saturated carbocycles. The van der Waals surface area contributed by atoms with Crippen molar-refractivity contribution in [2.24, 2.45) is 11.8 Å². The highest BCUT2D eigenvalue weighted by molar-refractivity contribution is 6.03. The molecule has 6 heteroatoms. The Labute approximate surface area is 141 Å². The van der Waals surface area contributed by atoms with Crippen LogP contribution < -0.4 is 4.74 Å². The van der Waals surface area contributed by atoms with Crippen LogP contribution in [0.4, 0.5) is 0 Å². The van der Waals surface area contributed by atoms with Gasteiger partial charge in [0, 0.05) is 11.5 Å². The van der Waals surface area contributed by atoms with Gasteiger partial charge in [-0.05, 0) is 44.4 Å².